The first-order valence-electron chi connectivity index (χ1n) is 10.5. The molecule has 6 N–H and O–H groups in total. The Labute approximate surface area is 197 Å². The molecule has 35 heavy (non-hydrogen) atoms. The van der Waals surface area contributed by atoms with Gasteiger partial charge < -0.3 is 15.7 Å². The van der Waals surface area contributed by atoms with E-state index in [4.69, 9.17) is 5.73 Å². The molecule has 0 saturated heterocycles. The Hall–Kier alpha value is -5.32. The van der Waals surface area contributed by atoms with Crippen LogP contribution in [0.1, 0.15) is 31.2 Å². The minimum atomic E-state index is -0.591. The lowest BCUT2D eigenvalue weighted by atomic mass is 10.0. The second-order valence-electron chi connectivity index (χ2n) is 7.45. The van der Waals surface area contributed by atoms with Crippen LogP contribution in [0.5, 0.6) is 0 Å². The third-order valence-electron chi connectivity index (χ3n) is 5.17. The van der Waals surface area contributed by atoms with Crippen LogP contribution < -0.4 is 16.4 Å². The molecule has 0 aliphatic carbocycles. The van der Waals surface area contributed by atoms with Gasteiger partial charge in [0.1, 0.15) is 11.2 Å². The number of benzene rings is 2. The van der Waals surface area contributed by atoms with E-state index in [-0.39, 0.29) is 11.6 Å². The lowest BCUT2D eigenvalue weighted by Crippen LogP contribution is -2.16. The van der Waals surface area contributed by atoms with E-state index in [0.717, 1.165) is 0 Å². The summed E-state index contributed by atoms with van der Waals surface area (Å²) < 4.78 is 0. The molecule has 11 heteroatoms. The second kappa shape index (κ2) is 8.90. The van der Waals surface area contributed by atoms with E-state index >= 15 is 0 Å². The third kappa shape index (κ3) is 4.33. The number of nitrogens with one attached hydrogen (secondary N) is 4. The number of hydrogen-bond acceptors (Lipinski definition) is 6. The maximum absolute atomic E-state index is 12.9. The van der Waals surface area contributed by atoms with Crippen LogP contribution in [0, 0.1) is 0 Å². The van der Waals surface area contributed by atoms with E-state index in [9.17, 15) is 14.4 Å². The van der Waals surface area contributed by atoms with Gasteiger partial charge in [0.25, 0.3) is 11.8 Å². The number of pyridine rings is 1. The number of hydrogen-bond donors (Lipinski definition) is 5. The first-order chi connectivity index (χ1) is 17.0. The van der Waals surface area contributed by atoms with Crippen molar-refractivity contribution in [1.29, 1.82) is 0 Å². The minimum absolute atomic E-state index is 0.109. The zero-order chi connectivity index (χ0) is 24.4. The van der Waals surface area contributed by atoms with Crippen molar-refractivity contribution >= 4 is 40.7 Å². The molecule has 0 unspecified atom stereocenters. The van der Waals surface area contributed by atoms with Crippen LogP contribution in [-0.4, -0.2) is 42.6 Å². The monoisotopic (exact) mass is 466 g/mol. The molecule has 0 saturated carbocycles. The number of H-pyrrole nitrogens is 2. The van der Waals surface area contributed by atoms with Crippen LogP contribution in [-0.2, 0) is 0 Å². The quantitative estimate of drug-likeness (QED) is 0.257. The van der Waals surface area contributed by atoms with Crippen molar-refractivity contribution in [2.24, 2.45) is 5.73 Å². The first-order valence-corrected chi connectivity index (χ1v) is 10.5. The molecule has 0 aliphatic heterocycles. The molecule has 3 aromatic heterocycles. The van der Waals surface area contributed by atoms with Crippen LogP contribution >= 0.6 is 0 Å². The SMILES string of the molecule is NC(=O)c1ccccc1-c1cccc(C(=O)Nc2nc3c(C(=O)Nc4ncc[nH]4)cccc3[nH]2)n1. The fourth-order valence-electron chi connectivity index (χ4n) is 3.59. The molecule has 0 radical (unpaired) electrons. The zero-order valence-corrected chi connectivity index (χ0v) is 18.1. The molecule has 5 aromatic rings. The fourth-order valence-corrected chi connectivity index (χ4v) is 3.59. The number of carbonyl (C=O) groups excluding carboxylic acids is 3. The second-order valence-corrected chi connectivity index (χ2v) is 7.45. The number of nitrogens with zero attached hydrogens (tertiary/aromatic N) is 3. The molecule has 5 rings (SSSR count). The van der Waals surface area contributed by atoms with Gasteiger partial charge >= 0.3 is 0 Å². The molecule has 0 aliphatic rings. The number of nitrogens with two attached hydrogens (primary N) is 1. The molecule has 0 spiro atoms. The first kappa shape index (κ1) is 21.5. The van der Waals surface area contributed by atoms with Gasteiger partial charge in [0.2, 0.25) is 17.8 Å². The van der Waals surface area contributed by atoms with Crippen molar-refractivity contribution in [3.05, 3.63) is 89.9 Å². The number of imidazole rings is 2. The summed E-state index contributed by atoms with van der Waals surface area (Å²) in [7, 11) is 0. The Bertz CT molecular complexity index is 1570. The Kier molecular flexibility index (Phi) is 5.47. The highest BCUT2D eigenvalue weighted by molar-refractivity contribution is 6.11. The van der Waals surface area contributed by atoms with E-state index in [1.807, 2.05) is 0 Å². The van der Waals surface area contributed by atoms with Crippen LogP contribution in [0.2, 0.25) is 0 Å². The van der Waals surface area contributed by atoms with Gasteiger partial charge in [-0.1, -0.05) is 30.3 Å². The molecule has 0 atom stereocenters. The van der Waals surface area contributed by atoms with Crippen molar-refractivity contribution in [2.75, 3.05) is 10.6 Å². The van der Waals surface area contributed by atoms with Crippen molar-refractivity contribution in [2.45, 2.75) is 0 Å². The van der Waals surface area contributed by atoms with Crippen LogP contribution in [0.4, 0.5) is 11.9 Å². The van der Waals surface area contributed by atoms with Gasteiger partial charge in [-0.15, -0.1) is 0 Å². The summed E-state index contributed by atoms with van der Waals surface area (Å²) in [6.07, 6.45) is 3.11. The van der Waals surface area contributed by atoms with Crippen molar-refractivity contribution in [1.82, 2.24) is 24.9 Å². The number of rotatable bonds is 6. The van der Waals surface area contributed by atoms with Crippen LogP contribution in [0.15, 0.2) is 73.1 Å². The van der Waals surface area contributed by atoms with Gasteiger partial charge in [-0.3, -0.25) is 25.0 Å². The number of carbonyl (C=O) groups is 3. The van der Waals surface area contributed by atoms with Gasteiger partial charge in [0, 0.05) is 23.5 Å². The predicted octanol–water partition coefficient (Wildman–Crippen LogP) is 2.95. The van der Waals surface area contributed by atoms with Crippen LogP contribution in [0.25, 0.3) is 22.3 Å². The average Bonchev–Trinajstić information content (AvgIpc) is 3.53. The van der Waals surface area contributed by atoms with E-state index in [1.54, 1.807) is 60.8 Å². The summed E-state index contributed by atoms with van der Waals surface area (Å²) in [5.74, 6) is -1.07. The number of primary amides is 1. The van der Waals surface area contributed by atoms with E-state index in [2.05, 4.69) is 35.6 Å². The van der Waals surface area contributed by atoms with Gasteiger partial charge in [-0.2, -0.15) is 0 Å². The average molecular weight is 466 g/mol. The lowest BCUT2D eigenvalue weighted by Gasteiger charge is -2.08. The number of anilines is 2. The number of fused-ring (bicyclic) bond motifs is 1. The number of aromatic amines is 2. The largest absolute Gasteiger partial charge is 0.366 e. The summed E-state index contributed by atoms with van der Waals surface area (Å²) in [6, 6.07) is 16.7. The fraction of sp³-hybridized carbons (Fsp3) is 0. The predicted molar refractivity (Wildman–Crippen MR) is 129 cm³/mol. The smallest absolute Gasteiger partial charge is 0.276 e. The van der Waals surface area contributed by atoms with E-state index < -0.39 is 17.7 Å². The summed E-state index contributed by atoms with van der Waals surface area (Å²) >= 11 is 0. The van der Waals surface area contributed by atoms with Crippen molar-refractivity contribution in [3.63, 3.8) is 0 Å². The highest BCUT2D eigenvalue weighted by Gasteiger charge is 2.17. The summed E-state index contributed by atoms with van der Waals surface area (Å²) in [5, 5.41) is 5.32. The highest BCUT2D eigenvalue weighted by atomic mass is 16.2. The number of aromatic nitrogens is 5. The summed E-state index contributed by atoms with van der Waals surface area (Å²) in [4.78, 5) is 55.9. The zero-order valence-electron chi connectivity index (χ0n) is 18.1. The molecular formula is C24H18N8O3. The molecule has 11 nitrogen and oxygen atoms in total. The Morgan fingerprint density at radius 1 is 0.800 bits per heavy atom. The summed E-state index contributed by atoms with van der Waals surface area (Å²) in [6.45, 7) is 0. The normalized spacial score (nSPS) is 10.7. The van der Waals surface area contributed by atoms with E-state index in [1.165, 1.54) is 12.3 Å². The van der Waals surface area contributed by atoms with Gasteiger partial charge in [-0.25, -0.2) is 15.0 Å². The number of para-hydroxylation sites is 1. The molecule has 172 valence electrons. The topological polar surface area (TPSA) is 172 Å². The minimum Gasteiger partial charge on any atom is -0.366 e. The Morgan fingerprint density at radius 3 is 2.37 bits per heavy atom. The maximum atomic E-state index is 12.9. The molecule has 0 fully saturated rings. The third-order valence-corrected chi connectivity index (χ3v) is 5.17. The van der Waals surface area contributed by atoms with Gasteiger partial charge in [0.15, 0.2) is 0 Å². The number of amides is 3. The standard InChI is InChI=1S/C24H18N8O3/c25-20(33)14-6-2-1-5-13(14)16-8-4-10-18(28-16)22(35)32-24-29-17-9-3-7-15(19(17)30-24)21(34)31-23-26-11-12-27-23/h1-12H,(H2,25,33)(H2,26,27,31,34)(H2,29,30,32,35). The van der Waals surface area contributed by atoms with Crippen molar-refractivity contribution < 1.29 is 14.4 Å². The molecular weight excluding hydrogens is 448 g/mol. The summed E-state index contributed by atoms with van der Waals surface area (Å²) in [5.41, 5.74) is 8.06. The van der Waals surface area contributed by atoms with Gasteiger partial charge in [-0.05, 0) is 30.3 Å². The highest BCUT2D eigenvalue weighted by Crippen LogP contribution is 2.23. The molecule has 2 aromatic carbocycles. The van der Waals surface area contributed by atoms with E-state index in [0.29, 0.717) is 39.4 Å². The lowest BCUT2D eigenvalue weighted by molar-refractivity contribution is 0.0997. The Balaban J connectivity index is 1.40. The maximum Gasteiger partial charge on any atom is 0.276 e. The molecule has 0 bridgehead atoms. The Morgan fingerprint density at radius 2 is 1.57 bits per heavy atom. The van der Waals surface area contributed by atoms with Gasteiger partial charge in [0.05, 0.1) is 16.8 Å². The molecule has 3 amide bonds. The molecule has 3 heterocycles. The van der Waals surface area contributed by atoms with Crippen molar-refractivity contribution in [3.8, 4) is 11.3 Å². The van der Waals surface area contributed by atoms with Crippen LogP contribution in [0.3, 0.4) is 0 Å².